The Labute approximate surface area is 124 Å². The van der Waals surface area contributed by atoms with Gasteiger partial charge < -0.3 is 10.1 Å². The maximum atomic E-state index is 12.3. The van der Waals surface area contributed by atoms with Crippen molar-refractivity contribution in [3.63, 3.8) is 0 Å². The molecule has 1 saturated heterocycles. The summed E-state index contributed by atoms with van der Waals surface area (Å²) in [7, 11) is 1.47. The van der Waals surface area contributed by atoms with Crippen LogP contribution in [0, 0.1) is 11.8 Å². The Morgan fingerprint density at radius 1 is 1.43 bits per heavy atom. The fourth-order valence-electron chi connectivity index (χ4n) is 4.71. The largest absolute Gasteiger partial charge is 0.469 e. The Kier molecular flexibility index (Phi) is 2.73. The zero-order valence-electron chi connectivity index (χ0n) is 12.4. The minimum atomic E-state index is -0.200. The molecule has 1 N–H and O–H groups in total. The predicted molar refractivity (Wildman–Crippen MR) is 80.9 cm³/mol. The predicted octanol–water partition coefficient (Wildman–Crippen LogP) is 2.20. The van der Waals surface area contributed by atoms with E-state index in [0.29, 0.717) is 12.0 Å². The van der Waals surface area contributed by atoms with E-state index in [1.54, 1.807) is 0 Å². The van der Waals surface area contributed by atoms with Crippen molar-refractivity contribution in [2.24, 2.45) is 16.8 Å². The summed E-state index contributed by atoms with van der Waals surface area (Å²) < 4.78 is 5.05. The molecule has 4 atom stereocenters. The summed E-state index contributed by atoms with van der Waals surface area (Å²) >= 11 is 0. The number of carbonyl (C=O) groups excluding carboxylic acids is 1. The summed E-state index contributed by atoms with van der Waals surface area (Å²) in [6.45, 7) is 3.22. The highest BCUT2D eigenvalue weighted by atomic mass is 16.5. The van der Waals surface area contributed by atoms with Gasteiger partial charge in [-0.3, -0.25) is 9.79 Å². The van der Waals surface area contributed by atoms with Crippen LogP contribution in [0.5, 0.6) is 0 Å². The second-order valence-corrected chi connectivity index (χ2v) is 6.46. The molecule has 0 amide bonds. The van der Waals surface area contributed by atoms with Crippen LogP contribution in [-0.4, -0.2) is 31.4 Å². The van der Waals surface area contributed by atoms with E-state index in [0.717, 1.165) is 30.8 Å². The van der Waals surface area contributed by atoms with Gasteiger partial charge in [0.05, 0.1) is 24.1 Å². The molecule has 110 valence electrons. The molecule has 2 heterocycles. The Bertz CT molecular complexity index is 639. The van der Waals surface area contributed by atoms with Gasteiger partial charge in [0.1, 0.15) is 0 Å². The molecule has 4 heteroatoms. The lowest BCUT2D eigenvalue weighted by molar-refractivity contribution is -0.144. The molecular formula is C17H20N2O2. The molecule has 1 aliphatic carbocycles. The second-order valence-electron chi connectivity index (χ2n) is 6.46. The van der Waals surface area contributed by atoms with Gasteiger partial charge in [0.25, 0.3) is 0 Å². The lowest BCUT2D eigenvalue weighted by Crippen LogP contribution is -2.56. The first-order valence-corrected chi connectivity index (χ1v) is 7.68. The van der Waals surface area contributed by atoms with E-state index in [4.69, 9.17) is 9.73 Å². The highest BCUT2D eigenvalue weighted by molar-refractivity contribution is 6.13. The normalized spacial score (nSPS) is 36.5. The second kappa shape index (κ2) is 4.41. The molecule has 4 unspecified atom stereocenters. The Morgan fingerprint density at radius 3 is 3.05 bits per heavy atom. The number of benzene rings is 1. The van der Waals surface area contributed by atoms with Crippen LogP contribution < -0.4 is 5.32 Å². The first-order chi connectivity index (χ1) is 10.2. The lowest BCUT2D eigenvalue weighted by atomic mass is 9.59. The summed E-state index contributed by atoms with van der Waals surface area (Å²) in [5.74, 6) is 0.0911. The molecule has 2 aliphatic heterocycles. The minimum Gasteiger partial charge on any atom is -0.469 e. The Balaban J connectivity index is 1.91. The van der Waals surface area contributed by atoms with E-state index in [2.05, 4.69) is 30.4 Å². The molecule has 1 aromatic rings. The summed E-state index contributed by atoms with van der Waals surface area (Å²) in [4.78, 5) is 17.1. The topological polar surface area (TPSA) is 50.7 Å². The lowest BCUT2D eigenvalue weighted by Gasteiger charge is -2.44. The van der Waals surface area contributed by atoms with E-state index < -0.39 is 0 Å². The van der Waals surface area contributed by atoms with Crippen LogP contribution in [0.1, 0.15) is 25.3 Å². The molecule has 3 aliphatic rings. The number of aliphatic imine (C=N–C) groups is 1. The maximum absolute atomic E-state index is 12.3. The molecule has 0 bridgehead atoms. The van der Waals surface area contributed by atoms with Crippen LogP contribution in [0.25, 0.3) is 0 Å². The van der Waals surface area contributed by atoms with Crippen molar-refractivity contribution in [3.8, 4) is 0 Å². The van der Waals surface area contributed by atoms with Crippen molar-refractivity contribution >= 4 is 17.4 Å². The standard InChI is InChI=1S/C17H20N2O2/c1-10-9-11(16(20)21-2)15-17(7-8-18-14(10)17)12-5-3-4-6-13(12)19-15/h3-6,10-11,14,18H,7-9H2,1-2H3. The van der Waals surface area contributed by atoms with Crippen molar-refractivity contribution in [2.75, 3.05) is 13.7 Å². The van der Waals surface area contributed by atoms with E-state index in [9.17, 15) is 4.79 Å². The average Bonchev–Trinajstić information content (AvgIpc) is 3.09. The number of nitrogens with zero attached hydrogens (tertiary/aromatic N) is 1. The third kappa shape index (κ3) is 1.54. The smallest absolute Gasteiger partial charge is 0.314 e. The number of esters is 1. The highest BCUT2D eigenvalue weighted by Gasteiger charge is 2.59. The third-order valence-corrected chi connectivity index (χ3v) is 5.49. The fourth-order valence-corrected chi connectivity index (χ4v) is 4.71. The number of hydrogen-bond donors (Lipinski definition) is 1. The number of nitrogens with one attached hydrogen (secondary N) is 1. The number of fused-ring (bicyclic) bond motifs is 1. The van der Waals surface area contributed by atoms with Crippen LogP contribution in [0.15, 0.2) is 29.3 Å². The number of methoxy groups -OCH3 is 1. The molecule has 1 saturated carbocycles. The number of para-hydroxylation sites is 1. The minimum absolute atomic E-state index is 0.104. The van der Waals surface area contributed by atoms with Crippen molar-refractivity contribution in [1.82, 2.24) is 5.32 Å². The van der Waals surface area contributed by atoms with Gasteiger partial charge in [0, 0.05) is 11.8 Å². The number of carbonyl (C=O) groups is 1. The van der Waals surface area contributed by atoms with Gasteiger partial charge in [0.15, 0.2) is 0 Å². The molecule has 1 spiro atoms. The van der Waals surface area contributed by atoms with Gasteiger partial charge in [0.2, 0.25) is 0 Å². The molecule has 2 fully saturated rings. The molecule has 4 nitrogen and oxygen atoms in total. The molecule has 4 rings (SSSR count). The van der Waals surface area contributed by atoms with Crippen molar-refractivity contribution < 1.29 is 9.53 Å². The van der Waals surface area contributed by atoms with Crippen molar-refractivity contribution in [2.45, 2.75) is 31.2 Å². The zero-order valence-corrected chi connectivity index (χ0v) is 12.4. The van der Waals surface area contributed by atoms with Gasteiger partial charge in [-0.05, 0) is 36.9 Å². The monoisotopic (exact) mass is 284 g/mol. The summed E-state index contributed by atoms with van der Waals surface area (Å²) in [6.07, 6.45) is 1.84. The highest BCUT2D eigenvalue weighted by Crippen LogP contribution is 2.54. The molecule has 21 heavy (non-hydrogen) atoms. The maximum Gasteiger partial charge on any atom is 0.314 e. The van der Waals surface area contributed by atoms with E-state index in [1.165, 1.54) is 12.7 Å². The Hall–Kier alpha value is -1.68. The van der Waals surface area contributed by atoms with Gasteiger partial charge in [-0.1, -0.05) is 25.1 Å². The van der Waals surface area contributed by atoms with Crippen LogP contribution in [0.3, 0.4) is 0 Å². The molecular weight excluding hydrogens is 264 g/mol. The van der Waals surface area contributed by atoms with Gasteiger partial charge >= 0.3 is 5.97 Å². The number of hydrogen-bond acceptors (Lipinski definition) is 4. The first kappa shape index (κ1) is 13.0. The summed E-state index contributed by atoms with van der Waals surface area (Å²) in [5, 5.41) is 3.66. The van der Waals surface area contributed by atoms with E-state index in [-0.39, 0.29) is 17.3 Å². The summed E-state index contributed by atoms with van der Waals surface area (Å²) in [5.41, 5.74) is 3.25. The van der Waals surface area contributed by atoms with Crippen LogP contribution in [0.2, 0.25) is 0 Å². The average molecular weight is 284 g/mol. The quantitative estimate of drug-likeness (QED) is 0.804. The van der Waals surface area contributed by atoms with Crippen molar-refractivity contribution in [3.05, 3.63) is 29.8 Å². The third-order valence-electron chi connectivity index (χ3n) is 5.49. The first-order valence-electron chi connectivity index (χ1n) is 7.68. The van der Waals surface area contributed by atoms with Crippen molar-refractivity contribution in [1.29, 1.82) is 0 Å². The number of ether oxygens (including phenoxy) is 1. The number of rotatable bonds is 1. The molecule has 0 radical (unpaired) electrons. The zero-order chi connectivity index (χ0) is 14.6. The van der Waals surface area contributed by atoms with E-state index in [1.807, 2.05) is 6.07 Å². The molecule has 1 aromatic carbocycles. The van der Waals surface area contributed by atoms with Crippen LogP contribution >= 0.6 is 0 Å². The molecule has 0 aromatic heterocycles. The SMILES string of the molecule is COC(=O)C1CC(C)C2NCCC23C1=Nc1ccccc13. The van der Waals surface area contributed by atoms with Gasteiger partial charge in [-0.2, -0.15) is 0 Å². The van der Waals surface area contributed by atoms with Crippen LogP contribution in [-0.2, 0) is 14.9 Å². The van der Waals surface area contributed by atoms with E-state index >= 15 is 0 Å². The summed E-state index contributed by atoms with van der Waals surface area (Å²) in [6, 6.07) is 8.71. The van der Waals surface area contributed by atoms with Gasteiger partial charge in [-0.15, -0.1) is 0 Å². The Morgan fingerprint density at radius 2 is 2.24 bits per heavy atom. The van der Waals surface area contributed by atoms with Crippen LogP contribution in [0.4, 0.5) is 5.69 Å². The van der Waals surface area contributed by atoms with Gasteiger partial charge in [-0.25, -0.2) is 0 Å². The fraction of sp³-hybridized carbons (Fsp3) is 0.529.